The molecule has 0 radical (unpaired) electrons. The molecule has 1 aliphatic rings. The third-order valence-corrected chi connectivity index (χ3v) is 7.27. The number of nitrogens with two attached hydrogens (primary N) is 1. The van der Waals surface area contributed by atoms with Gasteiger partial charge in [-0.2, -0.15) is 0 Å². The summed E-state index contributed by atoms with van der Waals surface area (Å²) < 4.78 is 37.8. The molecule has 0 spiro atoms. The number of pyridine rings is 1. The first-order chi connectivity index (χ1) is 16.4. The number of nitrogens with zero attached hydrogens (tertiary/aromatic N) is 1. The van der Waals surface area contributed by atoms with E-state index in [0.29, 0.717) is 18.0 Å². The number of primary sulfonamides is 1. The van der Waals surface area contributed by atoms with Crippen LogP contribution < -0.4 is 15.8 Å². The summed E-state index contributed by atoms with van der Waals surface area (Å²) in [5.41, 5.74) is 4.83. The van der Waals surface area contributed by atoms with E-state index in [9.17, 15) is 12.8 Å². The van der Waals surface area contributed by atoms with Crippen molar-refractivity contribution in [3.63, 3.8) is 0 Å². The maximum Gasteiger partial charge on any atom is 0.238 e. The number of halogens is 1. The lowest BCUT2D eigenvalue weighted by Crippen LogP contribution is -2.26. The van der Waals surface area contributed by atoms with Crippen LogP contribution >= 0.6 is 0 Å². The summed E-state index contributed by atoms with van der Waals surface area (Å²) in [6, 6.07) is 15.2. The monoisotopic (exact) mass is 479 g/mol. The molecule has 4 aromatic rings. The topological polar surface area (TPSA) is 113 Å². The number of H-pyrrole nitrogens is 1. The average Bonchev–Trinajstić information content (AvgIpc) is 3.29. The van der Waals surface area contributed by atoms with E-state index in [1.807, 2.05) is 6.07 Å². The molecule has 0 amide bonds. The molecule has 5 N–H and O–H groups in total. The van der Waals surface area contributed by atoms with Crippen molar-refractivity contribution in [3.8, 4) is 11.1 Å². The maximum absolute atomic E-state index is 14.9. The summed E-state index contributed by atoms with van der Waals surface area (Å²) in [7, 11) is -3.72. The molecular formula is C25H26FN5O2S. The molecule has 1 fully saturated rings. The van der Waals surface area contributed by atoms with Crippen LogP contribution in [0.3, 0.4) is 0 Å². The van der Waals surface area contributed by atoms with Crippen LogP contribution in [0, 0.1) is 5.82 Å². The lowest BCUT2D eigenvalue weighted by Gasteiger charge is -2.21. The van der Waals surface area contributed by atoms with Crippen LogP contribution in [-0.2, 0) is 16.6 Å². The van der Waals surface area contributed by atoms with E-state index in [0.717, 1.165) is 59.5 Å². The molecule has 2 aromatic carbocycles. The predicted octanol–water partition coefficient (Wildman–Crippen LogP) is 4.10. The maximum atomic E-state index is 14.9. The van der Waals surface area contributed by atoms with E-state index in [1.165, 1.54) is 18.2 Å². The van der Waals surface area contributed by atoms with Crippen LogP contribution in [0.4, 0.5) is 10.1 Å². The van der Waals surface area contributed by atoms with Crippen LogP contribution in [0.25, 0.3) is 22.2 Å². The number of piperidine rings is 1. The highest BCUT2D eigenvalue weighted by molar-refractivity contribution is 7.89. The lowest BCUT2D eigenvalue weighted by atomic mass is 9.94. The fourth-order valence-corrected chi connectivity index (χ4v) is 4.99. The zero-order valence-corrected chi connectivity index (χ0v) is 19.3. The molecule has 34 heavy (non-hydrogen) atoms. The van der Waals surface area contributed by atoms with Crippen LogP contribution in [0.15, 0.2) is 65.7 Å². The van der Waals surface area contributed by atoms with E-state index in [4.69, 9.17) is 5.14 Å². The standard InChI is InChI=1S/C25H26FN5O2S/c26-23-6-3-18(30-15-16-1-4-19(5-2-16)34(27,32)33)13-21(23)20-9-12-29-25-22(20)14-24(31-25)17-7-10-28-11-8-17/h1-6,9,12-14,17,28,30H,7-8,10-11,15H2,(H,29,31)(H2,27,32,33). The Morgan fingerprint density at radius 3 is 2.53 bits per heavy atom. The molecule has 0 saturated carbocycles. The van der Waals surface area contributed by atoms with Gasteiger partial charge in [0.15, 0.2) is 0 Å². The fourth-order valence-electron chi connectivity index (χ4n) is 4.48. The smallest absolute Gasteiger partial charge is 0.238 e. The second-order valence-corrected chi connectivity index (χ2v) is 10.2. The van der Waals surface area contributed by atoms with Crippen LogP contribution in [-0.4, -0.2) is 31.5 Å². The molecule has 5 rings (SSSR count). The highest BCUT2D eigenvalue weighted by Crippen LogP contribution is 2.34. The number of hydrogen-bond donors (Lipinski definition) is 4. The van der Waals surface area contributed by atoms with Gasteiger partial charge in [0, 0.05) is 41.0 Å². The van der Waals surface area contributed by atoms with Gasteiger partial charge in [0.1, 0.15) is 11.5 Å². The Hall–Kier alpha value is -3.27. The van der Waals surface area contributed by atoms with Crippen molar-refractivity contribution < 1.29 is 12.8 Å². The molecule has 2 aromatic heterocycles. The fraction of sp³-hybridized carbons (Fsp3) is 0.240. The number of aromatic amines is 1. The first kappa shape index (κ1) is 22.5. The third-order valence-electron chi connectivity index (χ3n) is 6.34. The average molecular weight is 480 g/mol. The largest absolute Gasteiger partial charge is 0.381 e. The highest BCUT2D eigenvalue weighted by Gasteiger charge is 2.19. The van der Waals surface area contributed by atoms with Gasteiger partial charge < -0.3 is 15.6 Å². The molecule has 7 nitrogen and oxygen atoms in total. The molecule has 3 heterocycles. The third kappa shape index (κ3) is 4.68. The van der Waals surface area contributed by atoms with Crippen molar-refractivity contribution in [3.05, 3.63) is 77.9 Å². The normalized spacial score (nSPS) is 15.0. The molecule has 1 saturated heterocycles. The van der Waals surface area contributed by atoms with E-state index in [-0.39, 0.29) is 10.7 Å². The quantitative estimate of drug-likeness (QED) is 0.333. The zero-order chi connectivity index (χ0) is 23.7. The number of anilines is 1. The van der Waals surface area contributed by atoms with Crippen molar-refractivity contribution in [2.45, 2.75) is 30.2 Å². The molecule has 1 aliphatic heterocycles. The van der Waals surface area contributed by atoms with Gasteiger partial charge in [-0.3, -0.25) is 0 Å². The summed E-state index contributed by atoms with van der Waals surface area (Å²) in [6.45, 7) is 2.44. The number of hydrogen-bond acceptors (Lipinski definition) is 5. The van der Waals surface area contributed by atoms with E-state index in [1.54, 1.807) is 30.5 Å². The van der Waals surface area contributed by atoms with Crippen molar-refractivity contribution in [2.75, 3.05) is 18.4 Å². The number of sulfonamides is 1. The first-order valence-corrected chi connectivity index (χ1v) is 12.8. The van der Waals surface area contributed by atoms with Crippen molar-refractivity contribution in [1.29, 1.82) is 0 Å². The summed E-state index contributed by atoms with van der Waals surface area (Å²) in [6.07, 6.45) is 3.83. The van der Waals surface area contributed by atoms with Crippen molar-refractivity contribution in [1.82, 2.24) is 15.3 Å². The van der Waals surface area contributed by atoms with E-state index in [2.05, 4.69) is 26.7 Å². The summed E-state index contributed by atoms with van der Waals surface area (Å²) in [5.74, 6) is 0.141. The van der Waals surface area contributed by atoms with E-state index >= 15 is 0 Å². The molecule has 0 unspecified atom stereocenters. The minimum Gasteiger partial charge on any atom is -0.381 e. The van der Waals surface area contributed by atoms with Crippen LogP contribution in [0.5, 0.6) is 0 Å². The Morgan fingerprint density at radius 2 is 1.79 bits per heavy atom. The molecule has 0 bridgehead atoms. The van der Waals surface area contributed by atoms with Gasteiger partial charge in [0.05, 0.1) is 4.90 Å². The highest BCUT2D eigenvalue weighted by atomic mass is 32.2. The van der Waals surface area contributed by atoms with Gasteiger partial charge in [-0.25, -0.2) is 22.9 Å². The Morgan fingerprint density at radius 1 is 1.03 bits per heavy atom. The van der Waals surface area contributed by atoms with Gasteiger partial charge in [-0.05, 0) is 79.5 Å². The SMILES string of the molecule is NS(=O)(=O)c1ccc(CNc2ccc(F)c(-c3ccnc4[nH]c(C5CCNCC5)cc34)c2)cc1. The Balaban J connectivity index is 1.41. The van der Waals surface area contributed by atoms with Gasteiger partial charge in [0.2, 0.25) is 10.0 Å². The molecule has 0 atom stereocenters. The van der Waals surface area contributed by atoms with Crippen molar-refractivity contribution in [2.24, 2.45) is 5.14 Å². The Kier molecular flexibility index (Phi) is 6.07. The number of rotatable bonds is 6. The Bertz CT molecular complexity index is 1430. The number of fused-ring (bicyclic) bond motifs is 1. The Labute approximate surface area is 197 Å². The molecule has 176 valence electrons. The van der Waals surface area contributed by atoms with Gasteiger partial charge in [-0.15, -0.1) is 0 Å². The predicted molar refractivity (Wildman–Crippen MR) is 131 cm³/mol. The molecule has 9 heteroatoms. The first-order valence-electron chi connectivity index (χ1n) is 11.2. The van der Waals surface area contributed by atoms with Crippen LogP contribution in [0.2, 0.25) is 0 Å². The minimum absolute atomic E-state index is 0.0670. The number of nitrogens with one attached hydrogen (secondary N) is 3. The number of aromatic nitrogens is 2. The lowest BCUT2D eigenvalue weighted by molar-refractivity contribution is 0.455. The summed E-state index contributed by atoms with van der Waals surface area (Å²) in [4.78, 5) is 7.98. The van der Waals surface area contributed by atoms with Gasteiger partial charge in [-0.1, -0.05) is 12.1 Å². The molecule has 0 aliphatic carbocycles. The zero-order valence-electron chi connectivity index (χ0n) is 18.5. The van der Waals surface area contributed by atoms with E-state index < -0.39 is 10.0 Å². The molecular weight excluding hydrogens is 453 g/mol. The summed E-state index contributed by atoms with van der Waals surface area (Å²) >= 11 is 0. The van der Waals surface area contributed by atoms with Crippen LogP contribution in [0.1, 0.15) is 30.0 Å². The minimum atomic E-state index is -3.72. The second kappa shape index (κ2) is 9.17. The van der Waals surface area contributed by atoms with Gasteiger partial charge in [0.25, 0.3) is 0 Å². The second-order valence-electron chi connectivity index (χ2n) is 8.61. The summed E-state index contributed by atoms with van der Waals surface area (Å²) in [5, 5.41) is 12.7. The number of benzene rings is 2. The van der Waals surface area contributed by atoms with Gasteiger partial charge >= 0.3 is 0 Å². The van der Waals surface area contributed by atoms with Crippen molar-refractivity contribution >= 4 is 26.7 Å².